The molecule has 0 saturated heterocycles. The van der Waals surface area contributed by atoms with Gasteiger partial charge in [-0.3, -0.25) is 0 Å². The van der Waals surface area contributed by atoms with E-state index in [-0.39, 0.29) is 21.1 Å². The molecule has 0 heterocycles. The van der Waals surface area contributed by atoms with Gasteiger partial charge >= 0.3 is 0 Å². The summed E-state index contributed by atoms with van der Waals surface area (Å²) in [5.74, 6) is 0. The minimum absolute atomic E-state index is 0.104. The van der Waals surface area contributed by atoms with Gasteiger partial charge in [-0.25, -0.2) is 0 Å². The molecule has 4 heteroatoms. The number of hydrogen-bond acceptors (Lipinski definition) is 3. The van der Waals surface area contributed by atoms with Crippen LogP contribution < -0.4 is 10.2 Å². The van der Waals surface area contributed by atoms with E-state index < -0.39 is 0 Å². The summed E-state index contributed by atoms with van der Waals surface area (Å²) < 4.78 is 0. The lowest BCUT2D eigenvalue weighted by atomic mass is 10.2. The van der Waals surface area contributed by atoms with Gasteiger partial charge in [0.15, 0.2) is 0 Å². The Kier molecular flexibility index (Phi) is 9.54. The zero-order chi connectivity index (χ0) is 17.1. The Morgan fingerprint density at radius 2 is 1.48 bits per heavy atom. The molecule has 2 rings (SSSR count). The van der Waals surface area contributed by atoms with Crippen molar-refractivity contribution >= 4 is 18.9 Å². The maximum absolute atomic E-state index is 8.87. The summed E-state index contributed by atoms with van der Waals surface area (Å²) in [4.78, 5) is 1.97. The van der Waals surface area contributed by atoms with Gasteiger partial charge in [0, 0.05) is 18.8 Å². The van der Waals surface area contributed by atoms with Crippen molar-refractivity contribution in [3.8, 4) is 0 Å². The number of rotatable bonds is 6. The van der Waals surface area contributed by atoms with E-state index >= 15 is 0 Å². The molecule has 0 aliphatic rings. The fourth-order valence-electron chi connectivity index (χ4n) is 2.16. The quantitative estimate of drug-likeness (QED) is 0.799. The number of aryl methyl sites for hydroxylation is 1. The first-order valence-electron chi connectivity index (χ1n) is 7.84. The first-order valence-corrected chi connectivity index (χ1v) is 10.1. The predicted molar refractivity (Wildman–Crippen MR) is 102 cm³/mol. The highest BCUT2D eigenvalue weighted by Gasteiger charge is 2.04. The zero-order valence-electron chi connectivity index (χ0n) is 14.3. The Balaban J connectivity index is 0.000000253. The first-order chi connectivity index (χ1) is 11.1. The van der Waals surface area contributed by atoms with E-state index in [9.17, 15) is 0 Å². The molecule has 126 valence electrons. The monoisotopic (exact) mass is 333 g/mol. The van der Waals surface area contributed by atoms with Crippen LogP contribution in [0.5, 0.6) is 0 Å². The summed E-state index contributed by atoms with van der Waals surface area (Å²) in [7, 11) is 0.104. The number of nitrogens with zero attached hydrogens (tertiary/aromatic N) is 1. The lowest BCUT2D eigenvalue weighted by Gasteiger charge is -2.23. The Labute approximate surface area is 141 Å². The van der Waals surface area contributed by atoms with Gasteiger partial charge in [-0.15, -0.1) is 0 Å². The van der Waals surface area contributed by atoms with Gasteiger partial charge in [0.2, 0.25) is 0 Å². The SMILES string of the molecule is CP(C)c1ccccc1.Cc1cccc(N(CCO)CCO)c1. The number of hydrogen-bond donors (Lipinski definition) is 2. The van der Waals surface area contributed by atoms with E-state index in [4.69, 9.17) is 10.2 Å². The van der Waals surface area contributed by atoms with Gasteiger partial charge in [-0.2, -0.15) is 0 Å². The van der Waals surface area contributed by atoms with Crippen molar-refractivity contribution in [3.63, 3.8) is 0 Å². The van der Waals surface area contributed by atoms with E-state index in [1.54, 1.807) is 0 Å². The van der Waals surface area contributed by atoms with E-state index in [0.717, 1.165) is 5.69 Å². The maximum atomic E-state index is 8.87. The van der Waals surface area contributed by atoms with Crippen LogP contribution in [-0.2, 0) is 0 Å². The lowest BCUT2D eigenvalue weighted by molar-refractivity contribution is 0.281. The third-order valence-electron chi connectivity index (χ3n) is 3.38. The summed E-state index contributed by atoms with van der Waals surface area (Å²) in [5, 5.41) is 19.2. The van der Waals surface area contributed by atoms with Crippen molar-refractivity contribution in [1.82, 2.24) is 0 Å². The fraction of sp³-hybridized carbons (Fsp3) is 0.368. The second-order valence-electron chi connectivity index (χ2n) is 5.50. The molecule has 2 aromatic rings. The molecular weight excluding hydrogens is 305 g/mol. The molecular formula is C19H28NO2P. The minimum atomic E-state index is 0.104. The smallest absolute Gasteiger partial charge is 0.0606 e. The average Bonchev–Trinajstić information content (AvgIpc) is 2.56. The van der Waals surface area contributed by atoms with Crippen molar-refractivity contribution in [2.75, 3.05) is 44.5 Å². The van der Waals surface area contributed by atoms with E-state index in [0.29, 0.717) is 13.1 Å². The van der Waals surface area contributed by atoms with E-state index in [1.165, 1.54) is 10.9 Å². The molecule has 3 nitrogen and oxygen atoms in total. The molecule has 0 fully saturated rings. The van der Waals surface area contributed by atoms with Gasteiger partial charge in [0.25, 0.3) is 0 Å². The molecule has 0 radical (unpaired) electrons. The first kappa shape index (κ1) is 19.6. The average molecular weight is 333 g/mol. The summed E-state index contributed by atoms with van der Waals surface area (Å²) in [6.45, 7) is 7.89. The molecule has 2 aromatic carbocycles. The number of anilines is 1. The number of benzene rings is 2. The van der Waals surface area contributed by atoms with Crippen LogP contribution >= 0.6 is 7.92 Å². The minimum Gasteiger partial charge on any atom is -0.395 e. The van der Waals surface area contributed by atoms with E-state index in [2.05, 4.69) is 43.7 Å². The fourth-order valence-corrected chi connectivity index (χ4v) is 2.93. The second-order valence-corrected chi connectivity index (χ2v) is 7.81. The second kappa shape index (κ2) is 11.2. The van der Waals surface area contributed by atoms with Crippen molar-refractivity contribution in [3.05, 3.63) is 60.2 Å². The molecule has 0 spiro atoms. The van der Waals surface area contributed by atoms with Crippen molar-refractivity contribution in [1.29, 1.82) is 0 Å². The molecule has 0 amide bonds. The summed E-state index contributed by atoms with van der Waals surface area (Å²) in [6.07, 6.45) is 0. The molecule has 0 unspecified atom stereocenters. The topological polar surface area (TPSA) is 43.7 Å². The normalized spacial score (nSPS) is 10.2. The van der Waals surface area contributed by atoms with Crippen molar-refractivity contribution in [2.45, 2.75) is 6.92 Å². The summed E-state index contributed by atoms with van der Waals surface area (Å²) >= 11 is 0. The standard InChI is InChI=1S/C11H17NO2.C8H11P/c1-10-3-2-4-11(9-10)12(5-7-13)6-8-14;1-9(2)8-6-4-3-5-7-8/h2-4,9,13-14H,5-8H2,1H3;3-7H,1-2H3. The van der Waals surface area contributed by atoms with Crippen LogP contribution in [0, 0.1) is 6.92 Å². The van der Waals surface area contributed by atoms with Gasteiger partial charge < -0.3 is 15.1 Å². The predicted octanol–water partition coefficient (Wildman–Crippen LogP) is 2.84. The van der Waals surface area contributed by atoms with Crippen LogP contribution in [0.15, 0.2) is 54.6 Å². The lowest BCUT2D eigenvalue weighted by Crippen LogP contribution is -2.29. The van der Waals surface area contributed by atoms with Crippen molar-refractivity contribution in [2.24, 2.45) is 0 Å². The molecule has 0 atom stereocenters. The van der Waals surface area contributed by atoms with Crippen LogP contribution in [0.2, 0.25) is 0 Å². The van der Waals surface area contributed by atoms with E-state index in [1.807, 2.05) is 36.1 Å². The molecule has 0 aromatic heterocycles. The third kappa shape index (κ3) is 7.60. The third-order valence-corrected chi connectivity index (χ3v) is 4.71. The van der Waals surface area contributed by atoms with Crippen LogP contribution in [-0.4, -0.2) is 49.8 Å². The van der Waals surface area contributed by atoms with Gasteiger partial charge in [-0.05, 0) is 43.3 Å². The molecule has 0 saturated carbocycles. The Bertz CT molecular complexity index is 540. The highest BCUT2D eigenvalue weighted by Crippen LogP contribution is 2.22. The summed E-state index contributed by atoms with van der Waals surface area (Å²) in [5.41, 5.74) is 2.23. The van der Waals surface area contributed by atoms with Gasteiger partial charge in [0.1, 0.15) is 0 Å². The maximum Gasteiger partial charge on any atom is 0.0606 e. The van der Waals surface area contributed by atoms with Gasteiger partial charge in [-0.1, -0.05) is 50.4 Å². The Morgan fingerprint density at radius 1 is 0.870 bits per heavy atom. The molecule has 0 bridgehead atoms. The molecule has 0 aliphatic carbocycles. The number of aliphatic hydroxyl groups is 2. The van der Waals surface area contributed by atoms with Crippen LogP contribution in [0.4, 0.5) is 5.69 Å². The molecule has 2 N–H and O–H groups in total. The zero-order valence-corrected chi connectivity index (χ0v) is 15.2. The van der Waals surface area contributed by atoms with Crippen molar-refractivity contribution < 1.29 is 10.2 Å². The van der Waals surface area contributed by atoms with Crippen LogP contribution in [0.1, 0.15) is 5.56 Å². The van der Waals surface area contributed by atoms with Crippen LogP contribution in [0.25, 0.3) is 0 Å². The Hall–Kier alpha value is -1.41. The van der Waals surface area contributed by atoms with Crippen LogP contribution in [0.3, 0.4) is 0 Å². The molecule has 23 heavy (non-hydrogen) atoms. The molecule has 0 aliphatic heterocycles. The largest absolute Gasteiger partial charge is 0.395 e. The highest BCUT2D eigenvalue weighted by atomic mass is 31.1. The summed E-state index contributed by atoms with van der Waals surface area (Å²) in [6, 6.07) is 18.7. The highest BCUT2D eigenvalue weighted by molar-refractivity contribution is 7.64. The number of aliphatic hydroxyl groups excluding tert-OH is 2. The van der Waals surface area contributed by atoms with Gasteiger partial charge in [0.05, 0.1) is 13.2 Å². The Morgan fingerprint density at radius 3 is 1.91 bits per heavy atom.